The SMILES string of the molecule is CC1CN(c2nnc(CN)o2)CC(C)O1. The summed E-state index contributed by atoms with van der Waals surface area (Å²) < 4.78 is 11.0. The first-order valence-corrected chi connectivity index (χ1v) is 5.12. The fraction of sp³-hybridized carbons (Fsp3) is 0.778. The molecule has 1 saturated heterocycles. The molecular formula is C9H16N4O2. The van der Waals surface area contributed by atoms with Crippen molar-refractivity contribution in [3.8, 4) is 0 Å². The predicted molar refractivity (Wildman–Crippen MR) is 54.4 cm³/mol. The highest BCUT2D eigenvalue weighted by Crippen LogP contribution is 2.18. The molecule has 1 aliphatic rings. The van der Waals surface area contributed by atoms with E-state index < -0.39 is 0 Å². The van der Waals surface area contributed by atoms with Crippen molar-refractivity contribution < 1.29 is 9.15 Å². The van der Waals surface area contributed by atoms with Crippen LogP contribution >= 0.6 is 0 Å². The first-order chi connectivity index (χ1) is 7.19. The van der Waals surface area contributed by atoms with Crippen molar-refractivity contribution >= 4 is 6.01 Å². The summed E-state index contributed by atoms with van der Waals surface area (Å²) in [5, 5.41) is 7.79. The highest BCUT2D eigenvalue weighted by atomic mass is 16.5. The van der Waals surface area contributed by atoms with E-state index in [0.717, 1.165) is 13.1 Å². The number of hydrogen-bond donors (Lipinski definition) is 1. The van der Waals surface area contributed by atoms with Gasteiger partial charge in [-0.15, -0.1) is 5.10 Å². The van der Waals surface area contributed by atoms with Gasteiger partial charge in [-0.3, -0.25) is 0 Å². The molecule has 1 aromatic heterocycles. The maximum Gasteiger partial charge on any atom is 0.318 e. The van der Waals surface area contributed by atoms with Gasteiger partial charge >= 0.3 is 6.01 Å². The molecule has 0 spiro atoms. The molecule has 2 unspecified atom stereocenters. The van der Waals surface area contributed by atoms with E-state index in [1.165, 1.54) is 0 Å². The Morgan fingerprint density at radius 2 is 2.00 bits per heavy atom. The van der Waals surface area contributed by atoms with Crippen LogP contribution in [0.15, 0.2) is 4.42 Å². The van der Waals surface area contributed by atoms with Gasteiger partial charge in [-0.25, -0.2) is 0 Å². The first kappa shape index (κ1) is 10.4. The van der Waals surface area contributed by atoms with E-state index in [1.54, 1.807) is 0 Å². The van der Waals surface area contributed by atoms with E-state index >= 15 is 0 Å². The summed E-state index contributed by atoms with van der Waals surface area (Å²) in [6, 6.07) is 0.539. The van der Waals surface area contributed by atoms with Gasteiger partial charge in [0.05, 0.1) is 18.8 Å². The minimum atomic E-state index is 0.182. The molecule has 2 atom stereocenters. The molecule has 6 nitrogen and oxygen atoms in total. The van der Waals surface area contributed by atoms with E-state index in [1.807, 2.05) is 18.7 Å². The third-order valence-electron chi connectivity index (χ3n) is 2.32. The molecule has 0 amide bonds. The molecule has 1 fully saturated rings. The number of aromatic nitrogens is 2. The number of rotatable bonds is 2. The van der Waals surface area contributed by atoms with Crippen LogP contribution in [0, 0.1) is 0 Å². The number of nitrogens with zero attached hydrogens (tertiary/aromatic N) is 3. The van der Waals surface area contributed by atoms with Crippen molar-refractivity contribution in [3.63, 3.8) is 0 Å². The van der Waals surface area contributed by atoms with E-state index in [-0.39, 0.29) is 18.8 Å². The number of ether oxygens (including phenoxy) is 1. The van der Waals surface area contributed by atoms with E-state index in [4.69, 9.17) is 14.9 Å². The van der Waals surface area contributed by atoms with Crippen molar-refractivity contribution in [2.45, 2.75) is 32.6 Å². The quantitative estimate of drug-likeness (QED) is 0.751. The van der Waals surface area contributed by atoms with Gasteiger partial charge in [0.25, 0.3) is 0 Å². The number of hydrogen-bond acceptors (Lipinski definition) is 6. The van der Waals surface area contributed by atoms with E-state index in [0.29, 0.717) is 11.9 Å². The summed E-state index contributed by atoms with van der Waals surface area (Å²) in [6.45, 7) is 5.89. The summed E-state index contributed by atoms with van der Waals surface area (Å²) in [5.41, 5.74) is 5.41. The van der Waals surface area contributed by atoms with Gasteiger partial charge < -0.3 is 19.8 Å². The number of anilines is 1. The fourth-order valence-corrected chi connectivity index (χ4v) is 1.79. The minimum absolute atomic E-state index is 0.182. The van der Waals surface area contributed by atoms with Crippen LogP contribution in [0.3, 0.4) is 0 Å². The molecule has 2 N–H and O–H groups in total. The zero-order valence-electron chi connectivity index (χ0n) is 9.01. The van der Waals surface area contributed by atoms with Gasteiger partial charge in [0.2, 0.25) is 5.89 Å². The van der Waals surface area contributed by atoms with Gasteiger partial charge in [-0.1, -0.05) is 5.10 Å². The van der Waals surface area contributed by atoms with Crippen LogP contribution in [0.5, 0.6) is 0 Å². The van der Waals surface area contributed by atoms with Gasteiger partial charge in [0.15, 0.2) is 0 Å². The molecule has 6 heteroatoms. The zero-order chi connectivity index (χ0) is 10.8. The van der Waals surface area contributed by atoms with Gasteiger partial charge in [-0.2, -0.15) is 0 Å². The summed E-state index contributed by atoms with van der Waals surface area (Å²) in [5.74, 6) is 0.469. The van der Waals surface area contributed by atoms with Crippen LogP contribution in [-0.4, -0.2) is 35.5 Å². The molecule has 0 radical (unpaired) electrons. The largest absolute Gasteiger partial charge is 0.407 e. The lowest BCUT2D eigenvalue weighted by Crippen LogP contribution is -2.45. The van der Waals surface area contributed by atoms with Gasteiger partial charge in [0, 0.05) is 13.1 Å². The Morgan fingerprint density at radius 1 is 1.33 bits per heavy atom. The topological polar surface area (TPSA) is 77.4 Å². The monoisotopic (exact) mass is 212 g/mol. The Balaban J connectivity index is 2.09. The maximum atomic E-state index is 5.61. The van der Waals surface area contributed by atoms with E-state index in [2.05, 4.69) is 10.2 Å². The second-order valence-corrected chi connectivity index (χ2v) is 3.84. The number of morpholine rings is 1. The predicted octanol–water partition coefficient (Wildman–Crippen LogP) is 0.142. The summed E-state index contributed by atoms with van der Waals surface area (Å²) in [4.78, 5) is 2.03. The Labute approximate surface area is 88.4 Å². The van der Waals surface area contributed by atoms with Gasteiger partial charge in [0.1, 0.15) is 0 Å². The van der Waals surface area contributed by atoms with Crippen molar-refractivity contribution in [2.24, 2.45) is 5.73 Å². The van der Waals surface area contributed by atoms with Crippen LogP contribution in [0.25, 0.3) is 0 Å². The lowest BCUT2D eigenvalue weighted by molar-refractivity contribution is -0.00675. The highest BCUT2D eigenvalue weighted by Gasteiger charge is 2.25. The minimum Gasteiger partial charge on any atom is -0.407 e. The normalized spacial score (nSPS) is 27.0. The maximum absolute atomic E-state index is 5.61. The lowest BCUT2D eigenvalue weighted by atomic mass is 10.2. The Hall–Kier alpha value is -1.14. The van der Waals surface area contributed by atoms with Crippen LogP contribution in [-0.2, 0) is 11.3 Å². The average Bonchev–Trinajstić information content (AvgIpc) is 2.64. The molecule has 2 heterocycles. The molecule has 0 aliphatic carbocycles. The Morgan fingerprint density at radius 3 is 2.53 bits per heavy atom. The molecular weight excluding hydrogens is 196 g/mol. The summed E-state index contributed by atoms with van der Waals surface area (Å²) >= 11 is 0. The molecule has 0 saturated carbocycles. The standard InChI is InChI=1S/C9H16N4O2/c1-6-4-13(5-7(2)14-6)9-12-11-8(3-10)15-9/h6-7H,3-5,10H2,1-2H3. The second kappa shape index (κ2) is 4.16. The third-order valence-corrected chi connectivity index (χ3v) is 2.32. The van der Waals surface area contributed by atoms with E-state index in [9.17, 15) is 0 Å². The summed E-state index contributed by atoms with van der Waals surface area (Å²) in [7, 11) is 0. The molecule has 84 valence electrons. The second-order valence-electron chi connectivity index (χ2n) is 3.84. The molecule has 2 rings (SSSR count). The molecule has 1 aromatic rings. The van der Waals surface area contributed by atoms with Crippen LogP contribution in [0.1, 0.15) is 19.7 Å². The smallest absolute Gasteiger partial charge is 0.318 e. The number of nitrogens with two attached hydrogens (primary N) is 1. The Kier molecular flexibility index (Phi) is 2.88. The van der Waals surface area contributed by atoms with Gasteiger partial charge in [-0.05, 0) is 13.8 Å². The molecule has 0 aromatic carbocycles. The average molecular weight is 212 g/mol. The van der Waals surface area contributed by atoms with Crippen molar-refractivity contribution in [1.29, 1.82) is 0 Å². The van der Waals surface area contributed by atoms with Crippen LogP contribution < -0.4 is 10.6 Å². The van der Waals surface area contributed by atoms with Crippen LogP contribution in [0.2, 0.25) is 0 Å². The zero-order valence-corrected chi connectivity index (χ0v) is 9.01. The summed E-state index contributed by atoms with van der Waals surface area (Å²) in [6.07, 6.45) is 0.365. The molecule has 1 aliphatic heterocycles. The Bertz CT molecular complexity index is 318. The third kappa shape index (κ3) is 2.27. The molecule has 0 bridgehead atoms. The van der Waals surface area contributed by atoms with Crippen molar-refractivity contribution in [2.75, 3.05) is 18.0 Å². The molecule has 15 heavy (non-hydrogen) atoms. The van der Waals surface area contributed by atoms with Crippen LogP contribution in [0.4, 0.5) is 6.01 Å². The van der Waals surface area contributed by atoms with Crippen molar-refractivity contribution in [1.82, 2.24) is 10.2 Å². The first-order valence-electron chi connectivity index (χ1n) is 5.12. The fourth-order valence-electron chi connectivity index (χ4n) is 1.79. The highest BCUT2D eigenvalue weighted by molar-refractivity contribution is 5.25. The lowest BCUT2D eigenvalue weighted by Gasteiger charge is -2.33. The van der Waals surface area contributed by atoms with Crippen molar-refractivity contribution in [3.05, 3.63) is 5.89 Å².